The first-order chi connectivity index (χ1) is 10.2. The molecule has 1 aliphatic rings. The van der Waals surface area contributed by atoms with Gasteiger partial charge in [0.1, 0.15) is 0 Å². The first-order valence-corrected chi connectivity index (χ1v) is 8.66. The van der Waals surface area contributed by atoms with E-state index in [0.717, 1.165) is 0 Å². The van der Waals surface area contributed by atoms with Gasteiger partial charge < -0.3 is 4.90 Å². The van der Waals surface area contributed by atoms with E-state index in [0.29, 0.717) is 16.9 Å². The fourth-order valence-corrected chi connectivity index (χ4v) is 4.33. The van der Waals surface area contributed by atoms with Crippen molar-refractivity contribution in [1.82, 2.24) is 0 Å². The predicted octanol–water partition coefficient (Wildman–Crippen LogP) is 2.33. The SMILES string of the molecule is CCc1ccccc1N(C(=O)C(F)(F)F)C1CCS(=O)(=O)C1. The van der Waals surface area contributed by atoms with E-state index in [1.54, 1.807) is 19.1 Å². The first-order valence-electron chi connectivity index (χ1n) is 6.84. The number of hydrogen-bond donors (Lipinski definition) is 0. The quantitative estimate of drug-likeness (QED) is 0.852. The maximum absolute atomic E-state index is 12.9. The van der Waals surface area contributed by atoms with Crippen LogP contribution in [0.5, 0.6) is 0 Å². The Hall–Kier alpha value is -1.57. The van der Waals surface area contributed by atoms with Gasteiger partial charge in [-0.25, -0.2) is 8.42 Å². The Bertz CT molecular complexity index is 670. The number of anilines is 1. The largest absolute Gasteiger partial charge is 0.471 e. The lowest BCUT2D eigenvalue weighted by molar-refractivity contribution is -0.170. The van der Waals surface area contributed by atoms with Gasteiger partial charge in [0, 0.05) is 5.69 Å². The lowest BCUT2D eigenvalue weighted by atomic mass is 10.1. The average molecular weight is 335 g/mol. The van der Waals surface area contributed by atoms with Gasteiger partial charge in [0.05, 0.1) is 17.5 Å². The fourth-order valence-electron chi connectivity index (χ4n) is 2.63. The van der Waals surface area contributed by atoms with Gasteiger partial charge in [0.25, 0.3) is 0 Å². The van der Waals surface area contributed by atoms with Gasteiger partial charge in [0.2, 0.25) is 0 Å². The zero-order valence-electron chi connectivity index (χ0n) is 11.9. The highest BCUT2D eigenvalue weighted by molar-refractivity contribution is 7.91. The van der Waals surface area contributed by atoms with Gasteiger partial charge in [-0.05, 0) is 24.5 Å². The van der Waals surface area contributed by atoms with Crippen LogP contribution in [0.3, 0.4) is 0 Å². The summed E-state index contributed by atoms with van der Waals surface area (Å²) in [5.41, 5.74) is 0.707. The summed E-state index contributed by atoms with van der Waals surface area (Å²) < 4.78 is 61.9. The van der Waals surface area contributed by atoms with E-state index < -0.39 is 33.7 Å². The van der Waals surface area contributed by atoms with Crippen LogP contribution in [0.1, 0.15) is 18.9 Å². The van der Waals surface area contributed by atoms with Crippen molar-refractivity contribution in [3.05, 3.63) is 29.8 Å². The number of carbonyl (C=O) groups is 1. The molecular weight excluding hydrogens is 319 g/mol. The Balaban J connectivity index is 2.49. The third-order valence-corrected chi connectivity index (χ3v) is 5.42. The number of alkyl halides is 3. The number of hydrogen-bond acceptors (Lipinski definition) is 3. The molecule has 8 heteroatoms. The molecule has 1 aliphatic heterocycles. The number of aryl methyl sites for hydroxylation is 1. The van der Waals surface area contributed by atoms with E-state index in [9.17, 15) is 26.4 Å². The van der Waals surface area contributed by atoms with Crippen molar-refractivity contribution in [1.29, 1.82) is 0 Å². The van der Waals surface area contributed by atoms with Crippen LogP contribution in [0.25, 0.3) is 0 Å². The van der Waals surface area contributed by atoms with Crippen molar-refractivity contribution < 1.29 is 26.4 Å². The standard InChI is InChI=1S/C14H16F3NO3S/c1-2-10-5-3-4-6-12(10)18(13(19)14(15,16)17)11-7-8-22(20,21)9-11/h3-6,11H,2,7-9H2,1H3. The fraction of sp³-hybridized carbons (Fsp3) is 0.500. The van der Waals surface area contributed by atoms with E-state index in [4.69, 9.17) is 0 Å². The maximum atomic E-state index is 12.9. The minimum Gasteiger partial charge on any atom is -0.300 e. The topological polar surface area (TPSA) is 54.5 Å². The summed E-state index contributed by atoms with van der Waals surface area (Å²) in [6.07, 6.45) is -4.59. The second-order valence-corrected chi connectivity index (χ2v) is 7.44. The molecule has 2 rings (SSSR count). The smallest absolute Gasteiger partial charge is 0.300 e. The molecule has 1 heterocycles. The Morgan fingerprint density at radius 3 is 2.45 bits per heavy atom. The molecule has 1 aromatic rings. The number of nitrogens with zero attached hydrogens (tertiary/aromatic N) is 1. The molecule has 1 amide bonds. The number of carbonyl (C=O) groups excluding carboxylic acids is 1. The molecule has 4 nitrogen and oxygen atoms in total. The van der Waals surface area contributed by atoms with Gasteiger partial charge in [-0.15, -0.1) is 0 Å². The Kier molecular flexibility index (Phi) is 4.51. The Morgan fingerprint density at radius 2 is 1.95 bits per heavy atom. The van der Waals surface area contributed by atoms with Crippen molar-refractivity contribution in [3.63, 3.8) is 0 Å². The lowest BCUT2D eigenvalue weighted by Crippen LogP contribution is -2.48. The predicted molar refractivity (Wildman–Crippen MR) is 76.4 cm³/mol. The minimum absolute atomic E-state index is 0.0161. The second-order valence-electron chi connectivity index (χ2n) is 5.21. The van der Waals surface area contributed by atoms with Crippen LogP contribution in [0.15, 0.2) is 24.3 Å². The van der Waals surface area contributed by atoms with E-state index in [1.807, 2.05) is 0 Å². The number of benzene rings is 1. The van der Waals surface area contributed by atoms with E-state index in [-0.39, 0.29) is 17.9 Å². The van der Waals surface area contributed by atoms with Crippen molar-refractivity contribution in [3.8, 4) is 0 Å². The van der Waals surface area contributed by atoms with Gasteiger partial charge in [-0.3, -0.25) is 4.79 Å². The highest BCUT2D eigenvalue weighted by Crippen LogP contribution is 2.32. The molecule has 22 heavy (non-hydrogen) atoms. The molecule has 1 fully saturated rings. The van der Waals surface area contributed by atoms with E-state index in [2.05, 4.69) is 0 Å². The highest BCUT2D eigenvalue weighted by atomic mass is 32.2. The number of sulfone groups is 1. The van der Waals surface area contributed by atoms with Crippen LogP contribution in [-0.4, -0.2) is 38.0 Å². The Morgan fingerprint density at radius 1 is 1.32 bits per heavy atom. The van der Waals surface area contributed by atoms with Gasteiger partial charge in [-0.2, -0.15) is 13.2 Å². The normalized spacial score (nSPS) is 20.8. The molecule has 0 aliphatic carbocycles. The van der Waals surface area contributed by atoms with Crippen molar-refractivity contribution in [2.45, 2.75) is 32.0 Å². The molecule has 0 aromatic heterocycles. The van der Waals surface area contributed by atoms with Gasteiger partial charge in [0.15, 0.2) is 9.84 Å². The van der Waals surface area contributed by atoms with Crippen molar-refractivity contribution in [2.24, 2.45) is 0 Å². The molecule has 0 radical (unpaired) electrons. The van der Waals surface area contributed by atoms with Crippen LogP contribution in [0, 0.1) is 0 Å². The molecule has 1 aromatic carbocycles. The van der Waals surface area contributed by atoms with Gasteiger partial charge in [-0.1, -0.05) is 25.1 Å². The summed E-state index contributed by atoms with van der Waals surface area (Å²) in [7, 11) is -3.41. The summed E-state index contributed by atoms with van der Waals surface area (Å²) >= 11 is 0. The summed E-state index contributed by atoms with van der Waals surface area (Å²) in [5.74, 6) is -2.66. The number of amides is 1. The summed E-state index contributed by atoms with van der Waals surface area (Å²) in [4.78, 5) is 12.5. The summed E-state index contributed by atoms with van der Waals surface area (Å²) in [6, 6.07) is 5.29. The third kappa shape index (κ3) is 3.43. The molecule has 0 saturated carbocycles. The van der Waals surface area contributed by atoms with Crippen LogP contribution >= 0.6 is 0 Å². The molecule has 1 saturated heterocycles. The highest BCUT2D eigenvalue weighted by Gasteiger charge is 2.47. The third-order valence-electron chi connectivity index (χ3n) is 3.67. The number of rotatable bonds is 3. The molecular formula is C14H16F3NO3S. The van der Waals surface area contributed by atoms with Crippen molar-refractivity contribution in [2.75, 3.05) is 16.4 Å². The summed E-state index contributed by atoms with van der Waals surface area (Å²) in [5, 5.41) is 0. The molecule has 0 bridgehead atoms. The van der Waals surface area contributed by atoms with E-state index in [1.165, 1.54) is 12.1 Å². The van der Waals surface area contributed by atoms with Crippen LogP contribution in [-0.2, 0) is 21.1 Å². The number of halogens is 3. The maximum Gasteiger partial charge on any atom is 0.471 e. The molecule has 122 valence electrons. The Labute approximate surface area is 126 Å². The zero-order chi connectivity index (χ0) is 16.5. The monoisotopic (exact) mass is 335 g/mol. The minimum atomic E-state index is -5.05. The van der Waals surface area contributed by atoms with Crippen LogP contribution < -0.4 is 4.90 Å². The second kappa shape index (κ2) is 5.91. The molecule has 0 spiro atoms. The zero-order valence-corrected chi connectivity index (χ0v) is 12.7. The molecule has 1 atom stereocenters. The molecule has 1 unspecified atom stereocenters. The van der Waals surface area contributed by atoms with Crippen LogP contribution in [0.4, 0.5) is 18.9 Å². The number of para-hydroxylation sites is 1. The van der Waals surface area contributed by atoms with Gasteiger partial charge >= 0.3 is 12.1 Å². The summed E-state index contributed by atoms with van der Waals surface area (Å²) in [6.45, 7) is 1.76. The first kappa shape index (κ1) is 16.8. The average Bonchev–Trinajstić information content (AvgIpc) is 2.78. The lowest BCUT2D eigenvalue weighted by Gasteiger charge is -2.30. The van der Waals surface area contributed by atoms with E-state index >= 15 is 0 Å². The molecule has 0 N–H and O–H groups in total. The van der Waals surface area contributed by atoms with Crippen molar-refractivity contribution >= 4 is 21.4 Å². The van der Waals surface area contributed by atoms with Crippen LogP contribution in [0.2, 0.25) is 0 Å².